The van der Waals surface area contributed by atoms with Crippen LogP contribution in [0, 0.1) is 17.8 Å². The van der Waals surface area contributed by atoms with Crippen molar-refractivity contribution in [2.24, 2.45) is 17.8 Å². The molecule has 3 N–H and O–H groups in total. The Hall–Kier alpha value is -2.34. The van der Waals surface area contributed by atoms with Gasteiger partial charge in [-0.3, -0.25) is 9.59 Å². The highest BCUT2D eigenvalue weighted by atomic mass is 16.5. The number of hydrogen-bond acceptors (Lipinski definition) is 5. The van der Waals surface area contributed by atoms with Crippen molar-refractivity contribution in [2.45, 2.75) is 39.9 Å². The number of nitrogens with one attached hydrogen (secondary N) is 1. The number of amides is 1. The first-order chi connectivity index (χ1) is 11.7. The minimum atomic E-state index is -0.857. The Bertz CT molecular complexity index is 769. The molecule has 2 aliphatic rings. The van der Waals surface area contributed by atoms with Crippen molar-refractivity contribution in [3.05, 3.63) is 29.3 Å². The van der Waals surface area contributed by atoms with Gasteiger partial charge in [-0.15, -0.1) is 0 Å². The van der Waals surface area contributed by atoms with Gasteiger partial charge in [0, 0.05) is 23.5 Å². The Morgan fingerprint density at radius 2 is 1.84 bits per heavy atom. The summed E-state index contributed by atoms with van der Waals surface area (Å²) in [6.07, 6.45) is 0.520. The molecule has 0 saturated carbocycles. The second-order valence-corrected chi connectivity index (χ2v) is 7.07. The van der Waals surface area contributed by atoms with Crippen molar-refractivity contribution >= 4 is 17.4 Å². The molecule has 6 nitrogen and oxygen atoms in total. The molecule has 0 fully saturated rings. The maximum atomic E-state index is 12.5. The van der Waals surface area contributed by atoms with Crippen molar-refractivity contribution in [3.8, 4) is 11.5 Å². The second-order valence-electron chi connectivity index (χ2n) is 7.07. The highest BCUT2D eigenvalue weighted by molar-refractivity contribution is 6.08. The molecule has 5 atom stereocenters. The summed E-state index contributed by atoms with van der Waals surface area (Å²) in [5, 5.41) is 23.3. The van der Waals surface area contributed by atoms with Crippen LogP contribution in [0.3, 0.4) is 0 Å². The smallest absolute Gasteiger partial charge is 0.234 e. The van der Waals surface area contributed by atoms with Crippen LogP contribution in [0.5, 0.6) is 11.5 Å². The predicted octanol–water partition coefficient (Wildman–Crippen LogP) is 2.56. The number of rotatable bonds is 0. The van der Waals surface area contributed by atoms with Crippen LogP contribution in [0.1, 0.15) is 39.4 Å². The van der Waals surface area contributed by atoms with E-state index in [-0.39, 0.29) is 23.1 Å². The van der Waals surface area contributed by atoms with Crippen molar-refractivity contribution < 1.29 is 24.5 Å². The number of aliphatic hydroxyl groups is 1. The molecule has 0 radical (unpaired) electrons. The van der Waals surface area contributed by atoms with Gasteiger partial charge < -0.3 is 20.3 Å². The standard InChI is InChI=1S/C19H23NO5/c1-8-5-9(2)17-10(3)16(23)13-6-12(21)7-14(18(13)25-17)20-19(24)11(4)15(8)22/h5-8,10-11,16-17,21,23H,1-4H3,(H,20,24)/b9-5-/t8-,10+,11+,16+,17-/m0/s1. The van der Waals surface area contributed by atoms with Crippen molar-refractivity contribution in [2.75, 3.05) is 5.32 Å². The molecule has 25 heavy (non-hydrogen) atoms. The van der Waals surface area contributed by atoms with E-state index in [0.29, 0.717) is 11.3 Å². The molecule has 0 unspecified atom stereocenters. The number of ether oxygens (including phenoxy) is 1. The molecule has 2 bridgehead atoms. The first kappa shape index (κ1) is 17.5. The Kier molecular flexibility index (Phi) is 4.33. The fraction of sp³-hybridized carbons (Fsp3) is 0.474. The highest BCUT2D eigenvalue weighted by Crippen LogP contribution is 2.46. The number of ketones is 1. The molecule has 0 saturated heterocycles. The number of carbonyl (C=O) groups excluding carboxylic acids is 2. The van der Waals surface area contributed by atoms with Gasteiger partial charge in [-0.2, -0.15) is 0 Å². The maximum absolute atomic E-state index is 12.5. The Morgan fingerprint density at radius 3 is 2.52 bits per heavy atom. The Morgan fingerprint density at radius 1 is 1.16 bits per heavy atom. The summed E-state index contributed by atoms with van der Waals surface area (Å²) < 4.78 is 6.10. The van der Waals surface area contributed by atoms with E-state index in [1.807, 2.05) is 13.8 Å². The molecular formula is C19H23NO5. The number of hydrogen-bond donors (Lipinski definition) is 3. The number of aromatic hydroxyl groups is 1. The number of anilines is 1. The molecule has 1 aromatic rings. The molecule has 2 aliphatic heterocycles. The van der Waals surface area contributed by atoms with Gasteiger partial charge in [-0.25, -0.2) is 0 Å². The minimum Gasteiger partial charge on any atom is -0.508 e. The molecule has 0 aromatic heterocycles. The van der Waals surface area contributed by atoms with E-state index in [1.165, 1.54) is 12.1 Å². The second kappa shape index (κ2) is 6.19. The largest absolute Gasteiger partial charge is 0.508 e. The van der Waals surface area contributed by atoms with Crippen LogP contribution in [0.15, 0.2) is 23.8 Å². The van der Waals surface area contributed by atoms with E-state index in [1.54, 1.807) is 19.9 Å². The first-order valence-electron chi connectivity index (χ1n) is 8.45. The molecule has 0 spiro atoms. The van der Waals surface area contributed by atoms with E-state index in [4.69, 9.17) is 4.74 Å². The molecule has 2 heterocycles. The monoisotopic (exact) mass is 345 g/mol. The minimum absolute atomic E-state index is 0.0863. The van der Waals surface area contributed by atoms with E-state index < -0.39 is 30.0 Å². The normalized spacial score (nSPS) is 34.3. The van der Waals surface area contributed by atoms with Crippen LogP contribution in [0.4, 0.5) is 5.69 Å². The molecule has 6 heteroatoms. The van der Waals surface area contributed by atoms with Gasteiger partial charge in [0.2, 0.25) is 5.91 Å². The lowest BCUT2D eigenvalue weighted by molar-refractivity contribution is -0.131. The Balaban J connectivity index is 2.21. The van der Waals surface area contributed by atoms with Crippen molar-refractivity contribution in [1.29, 1.82) is 0 Å². The van der Waals surface area contributed by atoms with Gasteiger partial charge in [0.25, 0.3) is 0 Å². The first-order valence-corrected chi connectivity index (χ1v) is 8.45. The number of aliphatic hydroxyl groups excluding tert-OH is 1. The number of benzene rings is 1. The maximum Gasteiger partial charge on any atom is 0.234 e. The van der Waals surface area contributed by atoms with E-state index in [0.717, 1.165) is 5.57 Å². The van der Waals surface area contributed by atoms with Gasteiger partial charge in [-0.1, -0.05) is 19.9 Å². The van der Waals surface area contributed by atoms with Gasteiger partial charge in [-0.05, 0) is 25.5 Å². The summed E-state index contributed by atoms with van der Waals surface area (Å²) in [5.74, 6) is -1.95. The lowest BCUT2D eigenvalue weighted by Crippen LogP contribution is -2.36. The fourth-order valence-corrected chi connectivity index (χ4v) is 3.61. The third-order valence-corrected chi connectivity index (χ3v) is 5.13. The van der Waals surface area contributed by atoms with Gasteiger partial charge in [0.15, 0.2) is 5.78 Å². The number of phenolic OH excluding ortho intramolecular Hbond substituents is 1. The average Bonchev–Trinajstić information content (AvgIpc) is 2.56. The third-order valence-electron chi connectivity index (χ3n) is 5.13. The van der Waals surface area contributed by atoms with E-state index in [9.17, 15) is 19.8 Å². The van der Waals surface area contributed by atoms with Gasteiger partial charge in [0.05, 0.1) is 17.7 Å². The summed E-state index contributed by atoms with van der Waals surface area (Å²) in [4.78, 5) is 25.0. The van der Waals surface area contributed by atoms with Crippen LogP contribution in [0.25, 0.3) is 0 Å². The van der Waals surface area contributed by atoms with Crippen molar-refractivity contribution in [3.63, 3.8) is 0 Å². The SMILES string of the molecule is C/C1=C/[C@H](C)C(=O)[C@@H](C)C(=O)Nc2cc(O)cc3c2O[C@@H]1[C@H](C)[C@H]3O. The zero-order valence-corrected chi connectivity index (χ0v) is 14.7. The summed E-state index contributed by atoms with van der Waals surface area (Å²) in [6.45, 7) is 7.03. The zero-order valence-electron chi connectivity index (χ0n) is 14.7. The topological polar surface area (TPSA) is 95.9 Å². The number of carbonyl (C=O) groups is 2. The van der Waals surface area contributed by atoms with Crippen LogP contribution >= 0.6 is 0 Å². The molecule has 1 aromatic carbocycles. The van der Waals surface area contributed by atoms with Crippen LogP contribution in [-0.2, 0) is 9.59 Å². The van der Waals surface area contributed by atoms with E-state index in [2.05, 4.69) is 5.32 Å². The Labute approximate surface area is 146 Å². The summed E-state index contributed by atoms with van der Waals surface area (Å²) in [5.41, 5.74) is 1.52. The average molecular weight is 345 g/mol. The lowest BCUT2D eigenvalue weighted by Gasteiger charge is -2.37. The molecule has 3 rings (SSSR count). The van der Waals surface area contributed by atoms with Crippen LogP contribution < -0.4 is 10.1 Å². The molecule has 0 aliphatic carbocycles. The number of allylic oxidation sites excluding steroid dienone is 1. The van der Waals surface area contributed by atoms with Gasteiger partial charge >= 0.3 is 0 Å². The van der Waals surface area contributed by atoms with Crippen molar-refractivity contribution in [1.82, 2.24) is 0 Å². The summed E-state index contributed by atoms with van der Waals surface area (Å²) in [7, 11) is 0. The zero-order chi connectivity index (χ0) is 18.5. The van der Waals surface area contributed by atoms with Crippen LogP contribution in [-0.4, -0.2) is 28.0 Å². The number of Topliss-reactive ketones (excluding diaryl/α,β-unsaturated/α-hetero) is 1. The van der Waals surface area contributed by atoms with E-state index >= 15 is 0 Å². The molecular weight excluding hydrogens is 322 g/mol. The number of fused-ring (bicyclic) bond motifs is 1. The number of phenols is 1. The van der Waals surface area contributed by atoms with Gasteiger partial charge in [0.1, 0.15) is 17.6 Å². The highest BCUT2D eigenvalue weighted by Gasteiger charge is 2.38. The fourth-order valence-electron chi connectivity index (χ4n) is 3.61. The van der Waals surface area contributed by atoms with Crippen LogP contribution in [0.2, 0.25) is 0 Å². The summed E-state index contributed by atoms with van der Waals surface area (Å²) >= 11 is 0. The third kappa shape index (κ3) is 2.91. The quantitative estimate of drug-likeness (QED) is 0.496. The predicted molar refractivity (Wildman–Crippen MR) is 92.4 cm³/mol. The summed E-state index contributed by atoms with van der Waals surface area (Å²) in [6, 6.07) is 2.81. The lowest BCUT2D eigenvalue weighted by atomic mass is 9.84. The molecule has 1 amide bonds. The molecule has 134 valence electrons.